The summed E-state index contributed by atoms with van der Waals surface area (Å²) in [5.74, 6) is -0.367. The van der Waals surface area contributed by atoms with Crippen LogP contribution in [0.25, 0.3) is 0 Å². The van der Waals surface area contributed by atoms with Crippen molar-refractivity contribution in [1.29, 1.82) is 5.26 Å². The summed E-state index contributed by atoms with van der Waals surface area (Å²) < 4.78 is 47.1. The lowest BCUT2D eigenvalue weighted by atomic mass is 10.2. The molecule has 0 saturated heterocycles. The van der Waals surface area contributed by atoms with Crippen LogP contribution in [0.5, 0.6) is 5.75 Å². The van der Waals surface area contributed by atoms with Crippen molar-refractivity contribution in [3.63, 3.8) is 0 Å². The second kappa shape index (κ2) is 9.67. The van der Waals surface area contributed by atoms with E-state index in [1.165, 1.54) is 48.7 Å². The lowest BCUT2D eigenvalue weighted by molar-refractivity contribution is 0.0734. The molecule has 0 unspecified atom stereocenters. The standard InChI is InChI=1S/C21H15ClN2O5S3/c1-31(26,24-14-19(13-23)32(27,28)20-3-2-12-30-20)18-10-8-17(9-11-18)29-21(25)15-4-6-16(22)7-5-15/h2-12,14H,1H3/b19-14+/t31-/m0/s1. The van der Waals surface area contributed by atoms with E-state index in [9.17, 15) is 22.7 Å². The van der Waals surface area contributed by atoms with Gasteiger partial charge in [-0.1, -0.05) is 17.7 Å². The molecule has 3 aromatic rings. The Morgan fingerprint density at radius 3 is 2.31 bits per heavy atom. The topological polar surface area (TPSA) is 114 Å². The van der Waals surface area contributed by atoms with Gasteiger partial charge in [-0.3, -0.25) is 0 Å². The van der Waals surface area contributed by atoms with E-state index < -0.39 is 30.4 Å². The van der Waals surface area contributed by atoms with Crippen LogP contribution in [0.15, 0.2) is 90.6 Å². The summed E-state index contributed by atoms with van der Waals surface area (Å²) in [6, 6.07) is 16.5. The maximum atomic E-state index is 13.0. The van der Waals surface area contributed by atoms with Crippen LogP contribution in [0.1, 0.15) is 10.4 Å². The highest BCUT2D eigenvalue weighted by Gasteiger charge is 2.22. The molecule has 0 fully saturated rings. The Morgan fingerprint density at radius 1 is 1.09 bits per heavy atom. The first-order valence-electron chi connectivity index (χ1n) is 8.81. The maximum absolute atomic E-state index is 13.0. The van der Waals surface area contributed by atoms with Crippen molar-refractivity contribution >= 4 is 48.5 Å². The van der Waals surface area contributed by atoms with E-state index in [1.54, 1.807) is 29.6 Å². The average Bonchev–Trinajstić information content (AvgIpc) is 3.31. The SMILES string of the molecule is C[S@@](=O)(=N/C=C(\C#N)S(=O)(=O)c1cccs1)c1ccc(OC(=O)c2ccc(Cl)cc2)cc1. The van der Waals surface area contributed by atoms with Crippen molar-refractivity contribution in [2.45, 2.75) is 9.10 Å². The minimum Gasteiger partial charge on any atom is -0.423 e. The van der Waals surface area contributed by atoms with E-state index in [-0.39, 0.29) is 14.9 Å². The molecule has 1 aromatic heterocycles. The fourth-order valence-electron chi connectivity index (χ4n) is 2.40. The second-order valence-electron chi connectivity index (χ2n) is 6.32. The number of benzene rings is 2. The average molecular weight is 507 g/mol. The first kappa shape index (κ1) is 23.7. The summed E-state index contributed by atoms with van der Waals surface area (Å²) in [5.41, 5.74) is 0.314. The van der Waals surface area contributed by atoms with Crippen LogP contribution in [0.4, 0.5) is 0 Å². The van der Waals surface area contributed by atoms with Crippen LogP contribution in [-0.2, 0) is 19.6 Å². The predicted molar refractivity (Wildman–Crippen MR) is 123 cm³/mol. The molecule has 1 heterocycles. The third-order valence-corrected chi connectivity index (χ3v) is 9.04. The normalized spacial score (nSPS) is 13.6. The molecule has 0 radical (unpaired) electrons. The van der Waals surface area contributed by atoms with Crippen molar-refractivity contribution in [3.05, 3.63) is 87.7 Å². The molecule has 7 nitrogen and oxygen atoms in total. The van der Waals surface area contributed by atoms with Crippen molar-refractivity contribution in [1.82, 2.24) is 0 Å². The smallest absolute Gasteiger partial charge is 0.343 e. The molecular formula is C21H15ClN2O5S3. The van der Waals surface area contributed by atoms with Crippen LogP contribution in [-0.4, -0.2) is 24.9 Å². The van der Waals surface area contributed by atoms with Gasteiger partial charge >= 0.3 is 5.97 Å². The quantitative estimate of drug-likeness (QED) is 0.266. The molecule has 32 heavy (non-hydrogen) atoms. The number of hydrogen-bond acceptors (Lipinski definition) is 8. The van der Waals surface area contributed by atoms with Crippen LogP contribution in [0.3, 0.4) is 0 Å². The number of halogens is 1. The number of nitriles is 1. The van der Waals surface area contributed by atoms with E-state index >= 15 is 0 Å². The highest BCUT2D eigenvalue weighted by atomic mass is 35.5. The maximum Gasteiger partial charge on any atom is 0.343 e. The number of ether oxygens (including phenoxy) is 1. The van der Waals surface area contributed by atoms with E-state index in [4.69, 9.17) is 16.3 Å². The zero-order valence-corrected chi connectivity index (χ0v) is 19.7. The van der Waals surface area contributed by atoms with Crippen LogP contribution in [0, 0.1) is 11.3 Å². The molecule has 0 spiro atoms. The van der Waals surface area contributed by atoms with Gasteiger partial charge in [0, 0.05) is 16.2 Å². The Balaban J connectivity index is 1.82. The molecule has 11 heteroatoms. The predicted octanol–water partition coefficient (Wildman–Crippen LogP) is 4.92. The van der Waals surface area contributed by atoms with Crippen molar-refractivity contribution in [2.24, 2.45) is 4.36 Å². The third kappa shape index (κ3) is 5.44. The zero-order valence-electron chi connectivity index (χ0n) is 16.5. The van der Waals surface area contributed by atoms with Crippen LogP contribution < -0.4 is 4.74 Å². The molecule has 0 aliphatic carbocycles. The molecule has 3 rings (SSSR count). The minimum absolute atomic E-state index is 0.00467. The number of rotatable bonds is 6. The number of sulfone groups is 1. The summed E-state index contributed by atoms with van der Waals surface area (Å²) in [6.07, 6.45) is 2.12. The number of allylic oxidation sites excluding steroid dienone is 1. The van der Waals surface area contributed by atoms with Crippen molar-refractivity contribution < 1.29 is 22.2 Å². The lowest BCUT2D eigenvalue weighted by Crippen LogP contribution is -2.08. The van der Waals surface area contributed by atoms with Gasteiger partial charge in [0.05, 0.1) is 21.5 Å². The number of carbonyl (C=O) groups excluding carboxylic acids is 1. The minimum atomic E-state index is -4.03. The Kier molecular flexibility index (Phi) is 7.16. The van der Waals surface area contributed by atoms with Gasteiger partial charge in [-0.05, 0) is 60.0 Å². The van der Waals surface area contributed by atoms with E-state index in [0.717, 1.165) is 17.5 Å². The summed E-state index contributed by atoms with van der Waals surface area (Å²) in [4.78, 5) is 11.8. The second-order valence-corrected chi connectivity index (χ2v) is 12.1. The first-order chi connectivity index (χ1) is 15.1. The van der Waals surface area contributed by atoms with Gasteiger partial charge in [0.25, 0.3) is 0 Å². The molecule has 0 aliphatic heterocycles. The molecule has 0 bridgehead atoms. The van der Waals surface area contributed by atoms with Gasteiger partial charge in [-0.2, -0.15) is 5.26 Å². The summed E-state index contributed by atoms with van der Waals surface area (Å²) in [7, 11) is -7.09. The molecule has 0 amide bonds. The Morgan fingerprint density at radius 2 is 1.75 bits per heavy atom. The van der Waals surface area contributed by atoms with Crippen LogP contribution in [0.2, 0.25) is 5.02 Å². The molecule has 0 aliphatic rings. The van der Waals surface area contributed by atoms with Gasteiger partial charge in [0.1, 0.15) is 16.0 Å². The Hall–Kier alpha value is -2.97. The number of hydrogen-bond donors (Lipinski definition) is 0. The lowest BCUT2D eigenvalue weighted by Gasteiger charge is -2.07. The van der Waals surface area contributed by atoms with Gasteiger partial charge in [0.2, 0.25) is 9.84 Å². The first-order valence-corrected chi connectivity index (χ1v) is 13.5. The third-order valence-electron chi connectivity index (χ3n) is 4.08. The molecule has 2 aromatic carbocycles. The van der Waals surface area contributed by atoms with E-state index in [2.05, 4.69) is 4.36 Å². The monoisotopic (exact) mass is 506 g/mol. The highest BCUT2D eigenvalue weighted by Crippen LogP contribution is 2.24. The Bertz CT molecular complexity index is 1430. The van der Waals surface area contributed by atoms with Gasteiger partial charge in [-0.25, -0.2) is 21.8 Å². The molecule has 164 valence electrons. The van der Waals surface area contributed by atoms with Crippen LogP contribution >= 0.6 is 22.9 Å². The number of esters is 1. The largest absolute Gasteiger partial charge is 0.423 e. The molecule has 1 atom stereocenters. The number of carbonyl (C=O) groups is 1. The molecular weight excluding hydrogens is 492 g/mol. The highest BCUT2D eigenvalue weighted by molar-refractivity contribution is 7.97. The fraction of sp³-hybridized carbons (Fsp3) is 0.0476. The van der Waals surface area contributed by atoms with Crippen molar-refractivity contribution in [2.75, 3.05) is 6.26 Å². The molecule has 0 N–H and O–H groups in total. The number of thiophene rings is 1. The Labute approximate surface area is 194 Å². The van der Waals surface area contributed by atoms with E-state index in [1.807, 2.05) is 0 Å². The van der Waals surface area contributed by atoms with Gasteiger partial charge < -0.3 is 4.74 Å². The van der Waals surface area contributed by atoms with Crippen molar-refractivity contribution in [3.8, 4) is 11.8 Å². The summed E-state index contributed by atoms with van der Waals surface area (Å²) in [5, 5.41) is 11.3. The van der Waals surface area contributed by atoms with Gasteiger partial charge in [0.15, 0.2) is 4.91 Å². The fourth-order valence-corrected chi connectivity index (χ4v) is 5.84. The zero-order chi connectivity index (χ0) is 23.4. The summed E-state index contributed by atoms with van der Waals surface area (Å²) in [6.45, 7) is 0. The molecule has 0 saturated carbocycles. The van der Waals surface area contributed by atoms with Gasteiger partial charge in [-0.15, -0.1) is 11.3 Å². The summed E-state index contributed by atoms with van der Waals surface area (Å²) >= 11 is 6.77. The number of nitrogens with zero attached hydrogens (tertiary/aromatic N) is 2. The van der Waals surface area contributed by atoms with E-state index in [0.29, 0.717) is 10.6 Å².